The molecular weight excluding hydrogens is 187 g/mol. The molecule has 0 aromatic heterocycles. The summed E-state index contributed by atoms with van der Waals surface area (Å²) in [7, 11) is 0. The zero-order chi connectivity index (χ0) is 10.6. The van der Waals surface area contributed by atoms with Gasteiger partial charge in [-0.05, 0) is 6.92 Å². The Kier molecular flexibility index (Phi) is 3.48. The lowest BCUT2D eigenvalue weighted by Gasteiger charge is -2.15. The number of alkyl halides is 3. The molecule has 0 saturated heterocycles. The molecule has 0 unspecified atom stereocenters. The van der Waals surface area contributed by atoms with Gasteiger partial charge in [-0.25, -0.2) is 4.79 Å². The minimum Gasteiger partial charge on any atom is -0.449 e. The number of hydrogen-bond donors (Lipinski definition) is 0. The highest BCUT2D eigenvalue weighted by atomic mass is 19.4. The van der Waals surface area contributed by atoms with Crippen LogP contribution in [0.2, 0.25) is 0 Å². The highest BCUT2D eigenvalue weighted by Gasteiger charge is 2.39. The maximum absolute atomic E-state index is 11.8. The molecule has 0 aliphatic heterocycles. The van der Waals surface area contributed by atoms with Crippen LogP contribution in [0, 0.1) is 11.3 Å². The SMILES string of the molecule is C=C(C#N)C(=O)O[C@H](C)C(F)(F)F. The zero-order valence-corrected chi connectivity index (χ0v) is 6.68. The van der Waals surface area contributed by atoms with Gasteiger partial charge in [0.05, 0.1) is 0 Å². The molecule has 0 aromatic rings. The Morgan fingerprint density at radius 3 is 2.38 bits per heavy atom. The molecule has 3 nitrogen and oxygen atoms in total. The first-order valence-electron chi connectivity index (χ1n) is 3.15. The molecule has 1 atom stereocenters. The highest BCUT2D eigenvalue weighted by Crippen LogP contribution is 2.22. The molecule has 0 fully saturated rings. The van der Waals surface area contributed by atoms with E-state index in [1.54, 1.807) is 0 Å². The molecule has 6 heteroatoms. The second-order valence-electron chi connectivity index (χ2n) is 2.18. The lowest BCUT2D eigenvalue weighted by molar-refractivity contribution is -0.213. The van der Waals surface area contributed by atoms with Gasteiger partial charge >= 0.3 is 12.1 Å². The van der Waals surface area contributed by atoms with E-state index in [4.69, 9.17) is 5.26 Å². The molecule has 0 aromatic carbocycles. The van der Waals surface area contributed by atoms with E-state index < -0.39 is 23.8 Å². The quantitative estimate of drug-likeness (QED) is 0.380. The van der Waals surface area contributed by atoms with Crippen LogP contribution in [0.1, 0.15) is 6.92 Å². The number of carbonyl (C=O) groups excluding carboxylic acids is 1. The molecule has 0 saturated carbocycles. The van der Waals surface area contributed by atoms with Gasteiger partial charge in [0.1, 0.15) is 11.6 Å². The number of ether oxygens (including phenoxy) is 1. The monoisotopic (exact) mass is 193 g/mol. The van der Waals surface area contributed by atoms with Crippen LogP contribution in [0.25, 0.3) is 0 Å². The van der Waals surface area contributed by atoms with Crippen LogP contribution in [0.4, 0.5) is 13.2 Å². The number of hydrogen-bond acceptors (Lipinski definition) is 3. The van der Waals surface area contributed by atoms with Gasteiger partial charge in [0.15, 0.2) is 6.10 Å². The maximum atomic E-state index is 11.8. The van der Waals surface area contributed by atoms with Crippen LogP contribution in [-0.2, 0) is 9.53 Å². The topological polar surface area (TPSA) is 50.1 Å². The number of halogens is 3. The zero-order valence-electron chi connectivity index (χ0n) is 6.68. The molecule has 13 heavy (non-hydrogen) atoms. The maximum Gasteiger partial charge on any atom is 0.425 e. The first-order chi connectivity index (χ1) is 5.79. The van der Waals surface area contributed by atoms with Crippen molar-refractivity contribution in [3.63, 3.8) is 0 Å². The summed E-state index contributed by atoms with van der Waals surface area (Å²) in [5, 5.41) is 8.09. The Labute approximate surface area is 72.4 Å². The Morgan fingerprint density at radius 2 is 2.08 bits per heavy atom. The smallest absolute Gasteiger partial charge is 0.425 e. The van der Waals surface area contributed by atoms with Gasteiger partial charge in [-0.15, -0.1) is 0 Å². The molecule has 0 radical (unpaired) electrons. The largest absolute Gasteiger partial charge is 0.449 e. The molecule has 0 spiro atoms. The molecule has 72 valence electrons. The van der Waals surface area contributed by atoms with E-state index >= 15 is 0 Å². The number of nitrogens with zero attached hydrogens (tertiary/aromatic N) is 1. The van der Waals surface area contributed by atoms with E-state index in [0.29, 0.717) is 6.92 Å². The second-order valence-corrected chi connectivity index (χ2v) is 2.18. The number of esters is 1. The van der Waals surface area contributed by atoms with Gasteiger partial charge in [-0.3, -0.25) is 0 Å². The fourth-order valence-corrected chi connectivity index (χ4v) is 0.344. The van der Waals surface area contributed by atoms with Crippen molar-refractivity contribution >= 4 is 5.97 Å². The number of rotatable bonds is 2. The average molecular weight is 193 g/mol. The third kappa shape index (κ3) is 3.60. The summed E-state index contributed by atoms with van der Waals surface area (Å²) >= 11 is 0. The van der Waals surface area contributed by atoms with Gasteiger partial charge in [0, 0.05) is 0 Å². The molecule has 0 aliphatic carbocycles. The van der Waals surface area contributed by atoms with Gasteiger partial charge < -0.3 is 4.74 Å². The van der Waals surface area contributed by atoms with Crippen molar-refractivity contribution in [3.8, 4) is 6.07 Å². The normalized spacial score (nSPS) is 12.8. The fourth-order valence-electron chi connectivity index (χ4n) is 0.344. The molecule has 0 heterocycles. The van der Waals surface area contributed by atoms with E-state index in [0.717, 1.165) is 0 Å². The third-order valence-electron chi connectivity index (χ3n) is 1.13. The van der Waals surface area contributed by atoms with Crippen molar-refractivity contribution < 1.29 is 22.7 Å². The van der Waals surface area contributed by atoms with Crippen molar-refractivity contribution in [2.24, 2.45) is 0 Å². The fraction of sp³-hybridized carbons (Fsp3) is 0.429. The first-order valence-corrected chi connectivity index (χ1v) is 3.15. The standard InChI is InChI=1S/C7H6F3NO2/c1-4(3-11)6(12)13-5(2)7(8,9)10/h5H,1H2,2H3/t5-/m1/s1. The Balaban J connectivity index is 4.25. The van der Waals surface area contributed by atoms with E-state index in [9.17, 15) is 18.0 Å². The lowest BCUT2D eigenvalue weighted by Crippen LogP contribution is -2.31. The summed E-state index contributed by atoms with van der Waals surface area (Å²) in [6.07, 6.45) is -6.85. The minimum absolute atomic E-state index is 0.656. The summed E-state index contributed by atoms with van der Waals surface area (Å²) in [6, 6.07) is 1.29. The van der Waals surface area contributed by atoms with Crippen LogP contribution in [-0.4, -0.2) is 18.2 Å². The summed E-state index contributed by atoms with van der Waals surface area (Å²) in [5.41, 5.74) is -0.656. The molecule has 0 bridgehead atoms. The van der Waals surface area contributed by atoms with Gasteiger partial charge in [-0.1, -0.05) is 6.58 Å². The van der Waals surface area contributed by atoms with E-state index in [-0.39, 0.29) is 0 Å². The van der Waals surface area contributed by atoms with Crippen LogP contribution in [0.15, 0.2) is 12.2 Å². The van der Waals surface area contributed by atoms with Crippen LogP contribution in [0.5, 0.6) is 0 Å². The van der Waals surface area contributed by atoms with Crippen LogP contribution >= 0.6 is 0 Å². The van der Waals surface area contributed by atoms with Crippen LogP contribution < -0.4 is 0 Å². The third-order valence-corrected chi connectivity index (χ3v) is 1.13. The van der Waals surface area contributed by atoms with Crippen molar-refractivity contribution in [1.82, 2.24) is 0 Å². The molecule has 0 rings (SSSR count). The van der Waals surface area contributed by atoms with Crippen molar-refractivity contribution in [2.45, 2.75) is 19.2 Å². The van der Waals surface area contributed by atoms with Crippen molar-refractivity contribution in [3.05, 3.63) is 12.2 Å². The van der Waals surface area contributed by atoms with Gasteiger partial charge in [-0.2, -0.15) is 18.4 Å². The highest BCUT2D eigenvalue weighted by molar-refractivity contribution is 5.92. The Morgan fingerprint density at radius 1 is 1.62 bits per heavy atom. The summed E-state index contributed by atoms with van der Waals surface area (Å²) in [4.78, 5) is 10.6. The molecular formula is C7H6F3NO2. The Hall–Kier alpha value is -1.51. The molecule has 0 amide bonds. The van der Waals surface area contributed by atoms with E-state index in [2.05, 4.69) is 11.3 Å². The summed E-state index contributed by atoms with van der Waals surface area (Å²) < 4.78 is 39.2. The van der Waals surface area contributed by atoms with Gasteiger partial charge in [0.2, 0.25) is 0 Å². The van der Waals surface area contributed by atoms with Crippen LogP contribution in [0.3, 0.4) is 0 Å². The predicted molar refractivity (Wildman–Crippen MR) is 36.4 cm³/mol. The Bertz CT molecular complexity index is 264. The first kappa shape index (κ1) is 11.5. The number of nitriles is 1. The van der Waals surface area contributed by atoms with Gasteiger partial charge in [0.25, 0.3) is 0 Å². The van der Waals surface area contributed by atoms with Crippen molar-refractivity contribution in [2.75, 3.05) is 0 Å². The second kappa shape index (κ2) is 3.94. The summed E-state index contributed by atoms with van der Waals surface area (Å²) in [5.74, 6) is -1.35. The van der Waals surface area contributed by atoms with E-state index in [1.807, 2.05) is 0 Å². The predicted octanol–water partition coefficient (Wildman–Crippen LogP) is 1.56. The summed E-state index contributed by atoms with van der Waals surface area (Å²) in [6.45, 7) is 3.57. The van der Waals surface area contributed by atoms with E-state index in [1.165, 1.54) is 6.07 Å². The number of carbonyl (C=O) groups is 1. The molecule has 0 aliphatic rings. The molecule has 0 N–H and O–H groups in total. The lowest BCUT2D eigenvalue weighted by atomic mass is 10.3. The van der Waals surface area contributed by atoms with Crippen molar-refractivity contribution in [1.29, 1.82) is 5.26 Å². The average Bonchev–Trinajstić information content (AvgIpc) is 2.01. The minimum atomic E-state index is -4.62.